The molecule has 5 heteroatoms. The van der Waals surface area contributed by atoms with Crippen molar-refractivity contribution < 1.29 is 4.74 Å². The summed E-state index contributed by atoms with van der Waals surface area (Å²) in [6.45, 7) is 0. The van der Waals surface area contributed by atoms with Crippen LogP contribution in [0.4, 0.5) is 5.82 Å². The summed E-state index contributed by atoms with van der Waals surface area (Å²) < 4.78 is 5.69. The summed E-state index contributed by atoms with van der Waals surface area (Å²) in [5.74, 6) is 1.91. The molecule has 0 bridgehead atoms. The Bertz CT molecular complexity index is 745. The molecule has 3 rings (SSSR count). The highest BCUT2D eigenvalue weighted by atomic mass is 35.5. The maximum absolute atomic E-state index is 5.84. The van der Waals surface area contributed by atoms with Gasteiger partial charge in [0.05, 0.1) is 0 Å². The molecule has 0 aliphatic rings. The first-order chi connectivity index (χ1) is 10.2. The van der Waals surface area contributed by atoms with Crippen molar-refractivity contribution >= 4 is 17.4 Å². The maximum Gasteiger partial charge on any atom is 0.224 e. The molecule has 4 nitrogen and oxygen atoms in total. The average molecular weight is 298 g/mol. The summed E-state index contributed by atoms with van der Waals surface area (Å²) in [4.78, 5) is 8.60. The Labute approximate surface area is 127 Å². The lowest BCUT2D eigenvalue weighted by atomic mass is 10.2. The monoisotopic (exact) mass is 297 g/mol. The molecule has 21 heavy (non-hydrogen) atoms. The van der Waals surface area contributed by atoms with Crippen LogP contribution in [0.5, 0.6) is 11.6 Å². The minimum atomic E-state index is 0.354. The van der Waals surface area contributed by atoms with Crippen LogP contribution in [0, 0.1) is 0 Å². The van der Waals surface area contributed by atoms with Crippen LogP contribution in [0.15, 0.2) is 60.7 Å². The molecule has 0 spiro atoms. The van der Waals surface area contributed by atoms with E-state index in [0.29, 0.717) is 28.3 Å². The molecule has 2 aromatic carbocycles. The van der Waals surface area contributed by atoms with Gasteiger partial charge in [0.1, 0.15) is 11.6 Å². The molecule has 0 radical (unpaired) electrons. The summed E-state index contributed by atoms with van der Waals surface area (Å²) in [6.07, 6.45) is 0. The first-order valence-corrected chi connectivity index (χ1v) is 6.72. The van der Waals surface area contributed by atoms with Crippen molar-refractivity contribution in [3.05, 3.63) is 65.7 Å². The summed E-state index contributed by atoms with van der Waals surface area (Å²) in [6, 6.07) is 18.2. The number of nitrogens with zero attached hydrogens (tertiary/aromatic N) is 2. The van der Waals surface area contributed by atoms with E-state index in [9.17, 15) is 0 Å². The normalized spacial score (nSPS) is 10.3. The highest BCUT2D eigenvalue weighted by molar-refractivity contribution is 6.30. The number of rotatable bonds is 3. The predicted molar refractivity (Wildman–Crippen MR) is 83.4 cm³/mol. The van der Waals surface area contributed by atoms with Crippen molar-refractivity contribution in [3.63, 3.8) is 0 Å². The van der Waals surface area contributed by atoms with Gasteiger partial charge in [0.25, 0.3) is 0 Å². The largest absolute Gasteiger partial charge is 0.439 e. The molecular formula is C16H12ClN3O. The second-order valence-electron chi connectivity index (χ2n) is 4.38. The van der Waals surface area contributed by atoms with Crippen LogP contribution in [0.25, 0.3) is 11.4 Å². The van der Waals surface area contributed by atoms with Gasteiger partial charge in [-0.15, -0.1) is 0 Å². The van der Waals surface area contributed by atoms with E-state index >= 15 is 0 Å². The number of nitrogen functional groups attached to an aromatic ring is 1. The van der Waals surface area contributed by atoms with E-state index in [1.807, 2.05) is 30.3 Å². The van der Waals surface area contributed by atoms with E-state index in [4.69, 9.17) is 22.1 Å². The molecule has 2 N–H and O–H groups in total. The van der Waals surface area contributed by atoms with Crippen LogP contribution < -0.4 is 10.5 Å². The van der Waals surface area contributed by atoms with E-state index in [1.54, 1.807) is 30.3 Å². The molecule has 0 atom stereocenters. The fraction of sp³-hybridized carbons (Fsp3) is 0. The van der Waals surface area contributed by atoms with Gasteiger partial charge in [0, 0.05) is 16.7 Å². The summed E-state index contributed by atoms with van der Waals surface area (Å²) >= 11 is 5.84. The van der Waals surface area contributed by atoms with E-state index < -0.39 is 0 Å². The summed E-state index contributed by atoms with van der Waals surface area (Å²) in [5, 5.41) is 0.648. The molecule has 1 aromatic heterocycles. The summed E-state index contributed by atoms with van der Waals surface area (Å²) in [7, 11) is 0. The Morgan fingerprint density at radius 1 is 0.905 bits per heavy atom. The quantitative estimate of drug-likeness (QED) is 0.788. The molecular weight excluding hydrogens is 286 g/mol. The molecule has 0 fully saturated rings. The van der Waals surface area contributed by atoms with Crippen molar-refractivity contribution in [2.45, 2.75) is 0 Å². The number of aromatic nitrogens is 2. The van der Waals surface area contributed by atoms with Crippen molar-refractivity contribution in [1.29, 1.82) is 0 Å². The molecule has 0 unspecified atom stereocenters. The zero-order valence-electron chi connectivity index (χ0n) is 11.0. The Hall–Kier alpha value is -2.59. The highest BCUT2D eigenvalue weighted by Gasteiger charge is 2.07. The second kappa shape index (κ2) is 5.81. The van der Waals surface area contributed by atoms with Crippen LogP contribution in [0.3, 0.4) is 0 Å². The predicted octanol–water partition coefficient (Wildman–Crippen LogP) is 4.17. The first kappa shape index (κ1) is 13.4. The van der Waals surface area contributed by atoms with Gasteiger partial charge in [-0.05, 0) is 24.3 Å². The highest BCUT2D eigenvalue weighted by Crippen LogP contribution is 2.25. The van der Waals surface area contributed by atoms with Gasteiger partial charge in [0.15, 0.2) is 5.82 Å². The smallest absolute Gasteiger partial charge is 0.224 e. The van der Waals surface area contributed by atoms with Gasteiger partial charge < -0.3 is 10.5 Å². The standard InChI is InChI=1S/C16H12ClN3O/c17-12-6-8-13(9-7-12)21-15-10-14(18)19-16(20-15)11-4-2-1-3-5-11/h1-10H,(H2,18,19,20). The minimum Gasteiger partial charge on any atom is -0.439 e. The Kier molecular flexibility index (Phi) is 3.71. The van der Waals surface area contributed by atoms with Crippen LogP contribution in [-0.2, 0) is 0 Å². The van der Waals surface area contributed by atoms with Crippen molar-refractivity contribution in [3.8, 4) is 23.0 Å². The molecule has 0 saturated heterocycles. The SMILES string of the molecule is Nc1cc(Oc2ccc(Cl)cc2)nc(-c2ccccc2)n1. The van der Waals surface area contributed by atoms with E-state index in [-0.39, 0.29) is 0 Å². The lowest BCUT2D eigenvalue weighted by Crippen LogP contribution is -1.98. The van der Waals surface area contributed by atoms with Gasteiger partial charge in [0.2, 0.25) is 5.88 Å². The first-order valence-electron chi connectivity index (χ1n) is 6.34. The topological polar surface area (TPSA) is 61.0 Å². The Morgan fingerprint density at radius 2 is 1.62 bits per heavy atom. The Morgan fingerprint density at radius 3 is 2.33 bits per heavy atom. The third kappa shape index (κ3) is 3.30. The molecule has 0 aliphatic carbocycles. The molecule has 0 amide bonds. The Balaban J connectivity index is 1.93. The molecule has 3 aromatic rings. The van der Waals surface area contributed by atoms with Crippen molar-refractivity contribution in [2.75, 3.05) is 5.73 Å². The molecule has 0 saturated carbocycles. The van der Waals surface area contributed by atoms with Crippen LogP contribution in [0.1, 0.15) is 0 Å². The number of ether oxygens (including phenoxy) is 1. The third-order valence-corrected chi connectivity index (χ3v) is 3.04. The average Bonchev–Trinajstić information content (AvgIpc) is 2.50. The number of hydrogen-bond acceptors (Lipinski definition) is 4. The zero-order chi connectivity index (χ0) is 14.7. The van der Waals surface area contributed by atoms with E-state index in [1.165, 1.54) is 0 Å². The van der Waals surface area contributed by atoms with Crippen LogP contribution in [-0.4, -0.2) is 9.97 Å². The maximum atomic E-state index is 5.84. The molecule has 104 valence electrons. The zero-order valence-corrected chi connectivity index (χ0v) is 11.8. The van der Waals surface area contributed by atoms with Crippen LogP contribution >= 0.6 is 11.6 Å². The van der Waals surface area contributed by atoms with E-state index in [2.05, 4.69) is 9.97 Å². The van der Waals surface area contributed by atoms with Gasteiger partial charge in [-0.1, -0.05) is 41.9 Å². The lowest BCUT2D eigenvalue weighted by molar-refractivity contribution is 0.463. The fourth-order valence-electron chi connectivity index (χ4n) is 1.83. The third-order valence-electron chi connectivity index (χ3n) is 2.79. The van der Waals surface area contributed by atoms with E-state index in [0.717, 1.165) is 5.56 Å². The second-order valence-corrected chi connectivity index (χ2v) is 4.81. The molecule has 1 heterocycles. The van der Waals surface area contributed by atoms with Gasteiger partial charge in [-0.25, -0.2) is 4.98 Å². The summed E-state index contributed by atoms with van der Waals surface area (Å²) in [5.41, 5.74) is 6.70. The minimum absolute atomic E-state index is 0.354. The fourth-order valence-corrected chi connectivity index (χ4v) is 1.96. The number of hydrogen-bond donors (Lipinski definition) is 1. The van der Waals surface area contributed by atoms with Crippen molar-refractivity contribution in [1.82, 2.24) is 9.97 Å². The van der Waals surface area contributed by atoms with Gasteiger partial charge in [-0.2, -0.15) is 4.98 Å². The molecule has 0 aliphatic heterocycles. The van der Waals surface area contributed by atoms with Crippen molar-refractivity contribution in [2.24, 2.45) is 0 Å². The van der Waals surface area contributed by atoms with Gasteiger partial charge in [-0.3, -0.25) is 0 Å². The number of halogens is 1. The number of nitrogens with two attached hydrogens (primary N) is 1. The lowest BCUT2D eigenvalue weighted by Gasteiger charge is -2.07. The van der Waals surface area contributed by atoms with Gasteiger partial charge >= 0.3 is 0 Å². The number of benzene rings is 2. The number of anilines is 1. The van der Waals surface area contributed by atoms with Crippen LogP contribution in [0.2, 0.25) is 5.02 Å².